The molecule has 0 radical (unpaired) electrons. The molecule has 9 heteroatoms. The van der Waals surface area contributed by atoms with Gasteiger partial charge in [0.1, 0.15) is 5.75 Å². The van der Waals surface area contributed by atoms with Crippen LogP contribution in [0.4, 0.5) is 0 Å². The summed E-state index contributed by atoms with van der Waals surface area (Å²) in [5, 5.41) is 0. The van der Waals surface area contributed by atoms with E-state index in [0.29, 0.717) is 50.5 Å². The number of carbonyl (C=O) groups is 1. The SMILES string of the molecule is COc1ccccc1CN(CC(=O)N1CCC2(CC1)OCCO2)S(C)(=O)=O. The van der Waals surface area contributed by atoms with Gasteiger partial charge < -0.3 is 19.1 Å². The maximum absolute atomic E-state index is 12.7. The Balaban J connectivity index is 1.65. The monoisotopic (exact) mass is 398 g/mol. The van der Waals surface area contributed by atoms with Crippen molar-refractivity contribution in [2.45, 2.75) is 25.2 Å². The number of sulfonamides is 1. The summed E-state index contributed by atoms with van der Waals surface area (Å²) in [5.74, 6) is -0.192. The Bertz CT molecular complexity index is 766. The molecule has 0 atom stereocenters. The van der Waals surface area contributed by atoms with Crippen molar-refractivity contribution in [2.24, 2.45) is 0 Å². The second kappa shape index (κ2) is 8.14. The molecule has 2 aliphatic rings. The molecule has 1 aromatic rings. The first kappa shape index (κ1) is 20.1. The van der Waals surface area contributed by atoms with Gasteiger partial charge in [0.05, 0.1) is 33.1 Å². The average molecular weight is 398 g/mol. The minimum atomic E-state index is -3.56. The first-order valence-corrected chi connectivity index (χ1v) is 10.8. The Labute approximate surface area is 160 Å². The summed E-state index contributed by atoms with van der Waals surface area (Å²) in [6.07, 6.45) is 2.31. The lowest BCUT2D eigenvalue weighted by Gasteiger charge is -2.38. The maximum Gasteiger partial charge on any atom is 0.237 e. The number of para-hydroxylation sites is 1. The highest BCUT2D eigenvalue weighted by Gasteiger charge is 2.41. The number of hydrogen-bond donors (Lipinski definition) is 0. The van der Waals surface area contributed by atoms with Gasteiger partial charge in [0, 0.05) is 38.0 Å². The summed E-state index contributed by atoms with van der Waals surface area (Å²) in [6.45, 7) is 2.02. The van der Waals surface area contributed by atoms with Gasteiger partial charge >= 0.3 is 0 Å². The van der Waals surface area contributed by atoms with Crippen molar-refractivity contribution in [3.05, 3.63) is 29.8 Å². The number of benzene rings is 1. The predicted molar refractivity (Wildman–Crippen MR) is 98.7 cm³/mol. The van der Waals surface area contributed by atoms with Crippen molar-refractivity contribution in [3.8, 4) is 5.75 Å². The summed E-state index contributed by atoms with van der Waals surface area (Å²) in [7, 11) is -2.03. The topological polar surface area (TPSA) is 85.4 Å². The van der Waals surface area contributed by atoms with Gasteiger partial charge in [-0.1, -0.05) is 18.2 Å². The third-order valence-corrected chi connectivity index (χ3v) is 6.21. The maximum atomic E-state index is 12.7. The van der Waals surface area contributed by atoms with E-state index in [-0.39, 0.29) is 19.0 Å². The standard InChI is InChI=1S/C18H26N2O6S/c1-24-16-6-4-3-5-15(16)13-20(27(2,22)23)14-17(21)19-9-7-18(8-10-19)25-11-12-26-18/h3-6H,7-14H2,1-2H3. The van der Waals surface area contributed by atoms with Crippen LogP contribution in [0.5, 0.6) is 5.75 Å². The fourth-order valence-corrected chi connectivity index (χ4v) is 4.17. The molecule has 0 unspecified atom stereocenters. The zero-order valence-corrected chi connectivity index (χ0v) is 16.5. The lowest BCUT2D eigenvalue weighted by atomic mass is 10.0. The van der Waals surface area contributed by atoms with E-state index in [1.54, 1.807) is 17.0 Å². The van der Waals surface area contributed by atoms with Gasteiger partial charge in [-0.15, -0.1) is 0 Å². The van der Waals surface area contributed by atoms with Crippen LogP contribution in [0.25, 0.3) is 0 Å². The van der Waals surface area contributed by atoms with E-state index in [2.05, 4.69) is 0 Å². The van der Waals surface area contributed by atoms with Crippen LogP contribution >= 0.6 is 0 Å². The molecule has 1 spiro atoms. The number of rotatable bonds is 6. The number of ether oxygens (including phenoxy) is 3. The highest BCUT2D eigenvalue weighted by atomic mass is 32.2. The highest BCUT2D eigenvalue weighted by molar-refractivity contribution is 7.88. The van der Waals surface area contributed by atoms with Crippen molar-refractivity contribution >= 4 is 15.9 Å². The molecule has 27 heavy (non-hydrogen) atoms. The van der Waals surface area contributed by atoms with E-state index < -0.39 is 15.8 Å². The molecule has 0 aliphatic carbocycles. The fraction of sp³-hybridized carbons (Fsp3) is 0.611. The largest absolute Gasteiger partial charge is 0.496 e. The number of likely N-dealkylation sites (tertiary alicyclic amines) is 1. The molecule has 2 heterocycles. The van der Waals surface area contributed by atoms with Crippen LogP contribution in [0.2, 0.25) is 0 Å². The van der Waals surface area contributed by atoms with Crippen LogP contribution in [0, 0.1) is 0 Å². The van der Waals surface area contributed by atoms with E-state index >= 15 is 0 Å². The number of nitrogens with zero attached hydrogens (tertiary/aromatic N) is 2. The summed E-state index contributed by atoms with van der Waals surface area (Å²) >= 11 is 0. The molecule has 8 nitrogen and oxygen atoms in total. The second-order valence-corrected chi connectivity index (χ2v) is 8.81. The van der Waals surface area contributed by atoms with Crippen molar-refractivity contribution in [1.82, 2.24) is 9.21 Å². The smallest absolute Gasteiger partial charge is 0.237 e. The molecule has 0 bridgehead atoms. The molecule has 2 saturated heterocycles. The molecule has 3 rings (SSSR count). The van der Waals surface area contributed by atoms with E-state index in [1.165, 1.54) is 11.4 Å². The second-order valence-electron chi connectivity index (χ2n) is 6.83. The number of piperidine rings is 1. The summed E-state index contributed by atoms with van der Waals surface area (Å²) < 4.78 is 42.3. The molecule has 150 valence electrons. The molecular formula is C18H26N2O6S. The van der Waals surface area contributed by atoms with Crippen molar-refractivity contribution in [3.63, 3.8) is 0 Å². The Kier molecular flexibility index (Phi) is 6.05. The Morgan fingerprint density at radius 1 is 1.22 bits per heavy atom. The molecule has 1 amide bonds. The Morgan fingerprint density at radius 3 is 2.44 bits per heavy atom. The average Bonchev–Trinajstić information content (AvgIpc) is 3.09. The first-order valence-electron chi connectivity index (χ1n) is 8.96. The Hall–Kier alpha value is -1.68. The fourth-order valence-electron chi connectivity index (χ4n) is 3.45. The zero-order valence-electron chi connectivity index (χ0n) is 15.7. The summed E-state index contributed by atoms with van der Waals surface area (Å²) in [6, 6.07) is 7.19. The van der Waals surface area contributed by atoms with Gasteiger partial charge in [-0.3, -0.25) is 4.79 Å². The quantitative estimate of drug-likeness (QED) is 0.705. The van der Waals surface area contributed by atoms with Crippen LogP contribution in [0.3, 0.4) is 0 Å². The minimum absolute atomic E-state index is 0.0819. The number of hydrogen-bond acceptors (Lipinski definition) is 6. The number of methoxy groups -OCH3 is 1. The molecule has 2 fully saturated rings. The predicted octanol–water partition coefficient (Wildman–Crippen LogP) is 0.822. The van der Waals surface area contributed by atoms with Crippen molar-refractivity contribution < 1.29 is 27.4 Å². The Morgan fingerprint density at radius 2 is 1.85 bits per heavy atom. The van der Waals surface area contributed by atoms with Crippen LogP contribution < -0.4 is 4.74 Å². The summed E-state index contributed by atoms with van der Waals surface area (Å²) in [5.41, 5.74) is 0.712. The zero-order chi connectivity index (χ0) is 19.5. The van der Waals surface area contributed by atoms with Crippen LogP contribution in [0.1, 0.15) is 18.4 Å². The summed E-state index contributed by atoms with van der Waals surface area (Å²) in [4.78, 5) is 14.4. The van der Waals surface area contributed by atoms with E-state index in [9.17, 15) is 13.2 Å². The molecule has 0 saturated carbocycles. The highest BCUT2D eigenvalue weighted by Crippen LogP contribution is 2.31. The third-order valence-electron chi connectivity index (χ3n) is 5.01. The lowest BCUT2D eigenvalue weighted by molar-refractivity contribution is -0.187. The van der Waals surface area contributed by atoms with Gasteiger partial charge in [0.25, 0.3) is 0 Å². The van der Waals surface area contributed by atoms with Gasteiger partial charge in [-0.25, -0.2) is 8.42 Å². The molecule has 1 aromatic carbocycles. The number of carbonyl (C=O) groups excluding carboxylic acids is 1. The molecule has 0 N–H and O–H groups in total. The molecule has 0 aromatic heterocycles. The molecule has 2 aliphatic heterocycles. The van der Waals surface area contributed by atoms with Crippen LogP contribution in [0.15, 0.2) is 24.3 Å². The van der Waals surface area contributed by atoms with Crippen LogP contribution in [-0.4, -0.2) is 75.5 Å². The van der Waals surface area contributed by atoms with Crippen LogP contribution in [-0.2, 0) is 30.8 Å². The van der Waals surface area contributed by atoms with Gasteiger partial charge in [0.15, 0.2) is 5.79 Å². The van der Waals surface area contributed by atoms with Crippen molar-refractivity contribution in [2.75, 3.05) is 46.2 Å². The van der Waals surface area contributed by atoms with E-state index in [4.69, 9.17) is 14.2 Å². The third kappa shape index (κ3) is 4.78. The first-order chi connectivity index (χ1) is 12.8. The van der Waals surface area contributed by atoms with Gasteiger partial charge in [-0.2, -0.15) is 4.31 Å². The number of amides is 1. The van der Waals surface area contributed by atoms with Gasteiger partial charge in [-0.05, 0) is 6.07 Å². The van der Waals surface area contributed by atoms with Gasteiger partial charge in [0.2, 0.25) is 15.9 Å². The van der Waals surface area contributed by atoms with Crippen molar-refractivity contribution in [1.29, 1.82) is 0 Å². The minimum Gasteiger partial charge on any atom is -0.496 e. The normalized spacial score (nSPS) is 19.6. The van der Waals surface area contributed by atoms with E-state index in [0.717, 1.165) is 6.26 Å². The molecular weight excluding hydrogens is 372 g/mol. The lowest BCUT2D eigenvalue weighted by Crippen LogP contribution is -2.50. The van der Waals surface area contributed by atoms with E-state index in [1.807, 2.05) is 12.1 Å².